The fraction of sp³-hybridized carbons (Fsp3) is 0. The first kappa shape index (κ1) is 9.63. The SMILES string of the molecule is N#Cc1ccc(-c2ccnc(Cl)n2)cc1. The van der Waals surface area contributed by atoms with E-state index in [9.17, 15) is 0 Å². The van der Waals surface area contributed by atoms with Crippen molar-refractivity contribution in [1.29, 1.82) is 5.26 Å². The van der Waals surface area contributed by atoms with Crippen molar-refractivity contribution >= 4 is 11.6 Å². The Labute approximate surface area is 92.0 Å². The first-order chi connectivity index (χ1) is 7.29. The van der Waals surface area contributed by atoms with Crippen molar-refractivity contribution in [2.75, 3.05) is 0 Å². The maximum atomic E-state index is 8.65. The molecule has 0 fully saturated rings. The van der Waals surface area contributed by atoms with E-state index in [0.717, 1.165) is 11.3 Å². The zero-order chi connectivity index (χ0) is 10.7. The third-order valence-electron chi connectivity index (χ3n) is 1.94. The molecule has 0 aliphatic carbocycles. The van der Waals surface area contributed by atoms with Crippen LogP contribution < -0.4 is 0 Å². The molecule has 0 spiro atoms. The van der Waals surface area contributed by atoms with Gasteiger partial charge in [-0.15, -0.1) is 0 Å². The van der Waals surface area contributed by atoms with Gasteiger partial charge in [-0.25, -0.2) is 9.97 Å². The Bertz CT molecular complexity index is 514. The summed E-state index contributed by atoms with van der Waals surface area (Å²) in [7, 11) is 0. The van der Waals surface area contributed by atoms with E-state index in [1.807, 2.05) is 12.1 Å². The summed E-state index contributed by atoms with van der Waals surface area (Å²) in [5.41, 5.74) is 2.29. The van der Waals surface area contributed by atoms with E-state index >= 15 is 0 Å². The summed E-state index contributed by atoms with van der Waals surface area (Å²) in [5, 5.41) is 8.87. The Morgan fingerprint density at radius 3 is 2.47 bits per heavy atom. The summed E-state index contributed by atoms with van der Waals surface area (Å²) in [6, 6.07) is 11.0. The summed E-state index contributed by atoms with van der Waals surface area (Å²) in [6.45, 7) is 0. The van der Waals surface area contributed by atoms with Crippen LogP contribution in [0.2, 0.25) is 5.28 Å². The highest BCUT2D eigenvalue weighted by Gasteiger charge is 2.00. The second-order valence-corrected chi connectivity index (χ2v) is 3.24. The summed E-state index contributed by atoms with van der Waals surface area (Å²) in [4.78, 5) is 7.87. The van der Waals surface area contributed by atoms with Gasteiger partial charge in [0.1, 0.15) is 0 Å². The molecule has 4 heteroatoms. The van der Waals surface area contributed by atoms with Crippen LogP contribution in [0.4, 0.5) is 0 Å². The van der Waals surface area contributed by atoms with Crippen LogP contribution in [0.15, 0.2) is 36.5 Å². The Morgan fingerprint density at radius 1 is 1.13 bits per heavy atom. The second kappa shape index (κ2) is 4.07. The average Bonchev–Trinajstić information content (AvgIpc) is 2.29. The van der Waals surface area contributed by atoms with Gasteiger partial charge in [-0.05, 0) is 29.8 Å². The first-order valence-corrected chi connectivity index (χ1v) is 4.66. The lowest BCUT2D eigenvalue weighted by atomic mass is 10.1. The lowest BCUT2D eigenvalue weighted by molar-refractivity contribution is 1.17. The van der Waals surface area contributed by atoms with Gasteiger partial charge in [-0.1, -0.05) is 12.1 Å². The van der Waals surface area contributed by atoms with Gasteiger partial charge < -0.3 is 0 Å². The number of aromatic nitrogens is 2. The van der Waals surface area contributed by atoms with Gasteiger partial charge >= 0.3 is 0 Å². The zero-order valence-electron chi connectivity index (χ0n) is 7.68. The highest BCUT2D eigenvalue weighted by molar-refractivity contribution is 6.28. The molecule has 0 radical (unpaired) electrons. The number of benzene rings is 1. The Morgan fingerprint density at radius 2 is 1.87 bits per heavy atom. The lowest BCUT2D eigenvalue weighted by Gasteiger charge is -1.99. The highest BCUT2D eigenvalue weighted by atomic mass is 35.5. The molecule has 0 saturated heterocycles. The predicted octanol–water partition coefficient (Wildman–Crippen LogP) is 2.67. The van der Waals surface area contributed by atoms with Crippen molar-refractivity contribution in [2.45, 2.75) is 0 Å². The van der Waals surface area contributed by atoms with Crippen LogP contribution in [0.25, 0.3) is 11.3 Å². The van der Waals surface area contributed by atoms with Crippen LogP contribution >= 0.6 is 11.6 Å². The van der Waals surface area contributed by atoms with Crippen LogP contribution in [0.5, 0.6) is 0 Å². The van der Waals surface area contributed by atoms with Crippen LogP contribution in [0.3, 0.4) is 0 Å². The van der Waals surface area contributed by atoms with Crippen LogP contribution in [-0.2, 0) is 0 Å². The summed E-state index contributed by atoms with van der Waals surface area (Å²) >= 11 is 5.68. The van der Waals surface area contributed by atoms with E-state index in [1.54, 1.807) is 24.4 Å². The van der Waals surface area contributed by atoms with Gasteiger partial charge in [0, 0.05) is 11.8 Å². The van der Waals surface area contributed by atoms with E-state index in [1.165, 1.54) is 0 Å². The van der Waals surface area contributed by atoms with E-state index in [4.69, 9.17) is 16.9 Å². The molecule has 15 heavy (non-hydrogen) atoms. The molecule has 0 saturated carbocycles. The molecule has 0 aliphatic heterocycles. The number of hydrogen-bond acceptors (Lipinski definition) is 3. The van der Waals surface area contributed by atoms with Crippen molar-refractivity contribution in [3.8, 4) is 17.3 Å². The molecule has 2 aromatic rings. The van der Waals surface area contributed by atoms with Gasteiger partial charge in [-0.3, -0.25) is 0 Å². The van der Waals surface area contributed by atoms with Gasteiger partial charge in [0.15, 0.2) is 0 Å². The predicted molar refractivity (Wildman–Crippen MR) is 57.2 cm³/mol. The van der Waals surface area contributed by atoms with E-state index < -0.39 is 0 Å². The zero-order valence-corrected chi connectivity index (χ0v) is 8.44. The van der Waals surface area contributed by atoms with Crippen molar-refractivity contribution in [2.24, 2.45) is 0 Å². The maximum absolute atomic E-state index is 8.65. The fourth-order valence-corrected chi connectivity index (χ4v) is 1.36. The van der Waals surface area contributed by atoms with E-state index in [0.29, 0.717) is 5.56 Å². The molecular weight excluding hydrogens is 210 g/mol. The minimum atomic E-state index is 0.219. The Hall–Kier alpha value is -1.92. The largest absolute Gasteiger partial charge is 0.226 e. The monoisotopic (exact) mass is 215 g/mol. The van der Waals surface area contributed by atoms with Crippen LogP contribution in [-0.4, -0.2) is 9.97 Å². The molecule has 3 nitrogen and oxygen atoms in total. The average molecular weight is 216 g/mol. The number of halogens is 1. The lowest BCUT2D eigenvalue weighted by Crippen LogP contribution is -1.86. The number of rotatable bonds is 1. The van der Waals surface area contributed by atoms with Crippen LogP contribution in [0.1, 0.15) is 5.56 Å². The molecule has 0 aliphatic rings. The number of hydrogen-bond donors (Lipinski definition) is 0. The molecule has 0 N–H and O–H groups in total. The maximum Gasteiger partial charge on any atom is 0.222 e. The molecular formula is C11H6ClN3. The third-order valence-corrected chi connectivity index (χ3v) is 2.12. The number of nitrogens with zero attached hydrogens (tertiary/aromatic N) is 3. The summed E-state index contributed by atoms with van der Waals surface area (Å²) < 4.78 is 0. The molecule has 72 valence electrons. The normalized spacial score (nSPS) is 9.60. The smallest absolute Gasteiger partial charge is 0.222 e. The minimum Gasteiger partial charge on any atom is -0.226 e. The van der Waals surface area contributed by atoms with Crippen molar-refractivity contribution in [3.05, 3.63) is 47.4 Å². The molecule has 1 aromatic carbocycles. The first-order valence-electron chi connectivity index (χ1n) is 4.28. The molecule has 2 rings (SSSR count). The highest BCUT2D eigenvalue weighted by Crippen LogP contribution is 2.17. The minimum absolute atomic E-state index is 0.219. The van der Waals surface area contributed by atoms with E-state index in [-0.39, 0.29) is 5.28 Å². The summed E-state index contributed by atoms with van der Waals surface area (Å²) in [6.07, 6.45) is 1.60. The molecule has 1 aromatic heterocycles. The van der Waals surface area contributed by atoms with Crippen molar-refractivity contribution in [3.63, 3.8) is 0 Å². The molecule has 1 heterocycles. The van der Waals surface area contributed by atoms with Gasteiger partial charge in [0.25, 0.3) is 0 Å². The molecule has 0 amide bonds. The third kappa shape index (κ3) is 2.12. The van der Waals surface area contributed by atoms with Gasteiger partial charge in [0.05, 0.1) is 17.3 Å². The molecule has 0 unspecified atom stereocenters. The Balaban J connectivity index is 2.42. The second-order valence-electron chi connectivity index (χ2n) is 2.90. The van der Waals surface area contributed by atoms with E-state index in [2.05, 4.69) is 16.0 Å². The van der Waals surface area contributed by atoms with Crippen molar-refractivity contribution < 1.29 is 0 Å². The molecule has 0 atom stereocenters. The quantitative estimate of drug-likeness (QED) is 0.688. The van der Waals surface area contributed by atoms with Crippen LogP contribution in [0, 0.1) is 11.3 Å². The van der Waals surface area contributed by atoms with Crippen molar-refractivity contribution in [1.82, 2.24) is 9.97 Å². The molecule has 0 bridgehead atoms. The van der Waals surface area contributed by atoms with Gasteiger partial charge in [-0.2, -0.15) is 5.26 Å². The topological polar surface area (TPSA) is 49.6 Å². The summed E-state index contributed by atoms with van der Waals surface area (Å²) in [5.74, 6) is 0. The fourth-order valence-electron chi connectivity index (χ4n) is 1.21. The van der Waals surface area contributed by atoms with Gasteiger partial charge in [0.2, 0.25) is 5.28 Å². The standard InChI is InChI=1S/C11H6ClN3/c12-11-14-6-5-10(15-11)9-3-1-8(7-13)2-4-9/h1-6H. The Kier molecular flexibility index (Phi) is 2.61. The number of nitriles is 1.